The van der Waals surface area contributed by atoms with Crippen LogP contribution in [0.2, 0.25) is 0 Å². The molecule has 0 aliphatic rings. The molecule has 1 rings (SSSR count). The molecule has 0 bridgehead atoms. The molecule has 0 aliphatic heterocycles. The maximum absolute atomic E-state index is 13.5. The Morgan fingerprint density at radius 1 is 1.00 bits per heavy atom. The zero-order valence-electron chi connectivity index (χ0n) is 8.29. The van der Waals surface area contributed by atoms with E-state index in [1.807, 2.05) is 0 Å². The molecule has 0 saturated carbocycles. The number of halogens is 3. The molecule has 0 N–H and O–H groups in total. The van der Waals surface area contributed by atoms with Gasteiger partial charge in [0.15, 0.2) is 11.6 Å². The Hall–Kier alpha value is -0.925. The van der Waals surface area contributed by atoms with Gasteiger partial charge in [-0.25, -0.2) is 13.2 Å². The van der Waals surface area contributed by atoms with Crippen molar-refractivity contribution in [2.45, 2.75) is 26.7 Å². The maximum atomic E-state index is 13.5. The summed E-state index contributed by atoms with van der Waals surface area (Å²) >= 11 is 0. The van der Waals surface area contributed by atoms with E-state index in [-0.39, 0.29) is 11.1 Å². The van der Waals surface area contributed by atoms with Crippen molar-refractivity contribution in [3.05, 3.63) is 28.6 Å². The summed E-state index contributed by atoms with van der Waals surface area (Å²) in [5.41, 5.74) is -0.730. The highest BCUT2D eigenvalue weighted by atomic mass is 19.2. The number of hydrogen-bond donors (Lipinski definition) is 0. The van der Waals surface area contributed by atoms with Crippen LogP contribution in [0.4, 0.5) is 13.2 Å². The van der Waals surface area contributed by atoms with E-state index in [2.05, 4.69) is 0 Å². The average Bonchev–Trinajstić information content (AvgIpc) is 2.11. The molecule has 0 aromatic heterocycles. The molecule has 14 heavy (non-hydrogen) atoms. The molecule has 0 amide bonds. The molecule has 0 atom stereocenters. The topological polar surface area (TPSA) is 0 Å². The summed E-state index contributed by atoms with van der Waals surface area (Å²) in [5, 5.41) is 0. The summed E-state index contributed by atoms with van der Waals surface area (Å²) in [4.78, 5) is 0. The molecule has 0 spiro atoms. The van der Waals surface area contributed by atoms with Crippen molar-refractivity contribution in [2.75, 3.05) is 0 Å². The Morgan fingerprint density at radius 3 is 1.93 bits per heavy atom. The lowest BCUT2D eigenvalue weighted by Gasteiger charge is -2.14. The fourth-order valence-corrected chi connectivity index (χ4v) is 1.32. The van der Waals surface area contributed by atoms with Gasteiger partial charge in [-0.2, -0.15) is 0 Å². The van der Waals surface area contributed by atoms with E-state index in [9.17, 15) is 13.2 Å². The first-order chi connectivity index (χ1) is 6.37. The zero-order valence-corrected chi connectivity index (χ0v) is 8.29. The van der Waals surface area contributed by atoms with Crippen molar-refractivity contribution < 1.29 is 13.2 Å². The van der Waals surface area contributed by atoms with Gasteiger partial charge in [0.25, 0.3) is 0 Å². The minimum atomic E-state index is -1.18. The minimum Gasteiger partial charge on any atom is -0.206 e. The molecule has 1 aromatic carbocycles. The van der Waals surface area contributed by atoms with Crippen LogP contribution in [0.1, 0.15) is 30.9 Å². The van der Waals surface area contributed by atoms with E-state index in [1.54, 1.807) is 13.8 Å². The largest absolute Gasteiger partial charge is 0.206 e. The summed E-state index contributed by atoms with van der Waals surface area (Å²) < 4.78 is 39.9. The molecule has 2 radical (unpaired) electrons. The maximum Gasteiger partial charge on any atom is 0.164 e. The second-order valence-electron chi connectivity index (χ2n) is 3.55. The molecule has 0 heterocycles. The van der Waals surface area contributed by atoms with Crippen LogP contribution in [0, 0.1) is 24.4 Å². The Bertz CT molecular complexity index is 343. The SMILES string of the molecule is [B]c1c(C)c(F)c(C(C)C)c(F)c1F. The first-order valence-corrected chi connectivity index (χ1v) is 4.30. The lowest BCUT2D eigenvalue weighted by atomic mass is 9.86. The van der Waals surface area contributed by atoms with Crippen molar-refractivity contribution in [3.63, 3.8) is 0 Å². The quantitative estimate of drug-likeness (QED) is 0.479. The third-order valence-corrected chi connectivity index (χ3v) is 2.21. The van der Waals surface area contributed by atoms with Crippen molar-refractivity contribution in [1.82, 2.24) is 0 Å². The van der Waals surface area contributed by atoms with Gasteiger partial charge in [-0.05, 0) is 18.4 Å². The summed E-state index contributed by atoms with van der Waals surface area (Å²) in [6.45, 7) is 4.52. The fourth-order valence-electron chi connectivity index (χ4n) is 1.32. The van der Waals surface area contributed by atoms with Crippen LogP contribution < -0.4 is 5.46 Å². The van der Waals surface area contributed by atoms with E-state index in [4.69, 9.17) is 7.85 Å². The van der Waals surface area contributed by atoms with E-state index in [0.29, 0.717) is 0 Å². The van der Waals surface area contributed by atoms with Gasteiger partial charge < -0.3 is 0 Å². The van der Waals surface area contributed by atoms with E-state index < -0.39 is 28.8 Å². The van der Waals surface area contributed by atoms with Crippen LogP contribution in [0.3, 0.4) is 0 Å². The molecule has 0 fully saturated rings. The van der Waals surface area contributed by atoms with Crippen LogP contribution in [-0.2, 0) is 0 Å². The molecule has 4 heteroatoms. The zero-order chi connectivity index (χ0) is 11.0. The molecule has 0 unspecified atom stereocenters. The predicted molar refractivity (Wildman–Crippen MR) is 50.5 cm³/mol. The third-order valence-electron chi connectivity index (χ3n) is 2.21. The van der Waals surface area contributed by atoms with E-state index in [0.717, 1.165) is 0 Å². The fraction of sp³-hybridized carbons (Fsp3) is 0.400. The van der Waals surface area contributed by atoms with E-state index >= 15 is 0 Å². The standard InChI is InChI=1S/C10H10BF3/c1-4(2)6-8(12)5(3)7(11)10(14)9(6)13/h4H,1-3H3. The Labute approximate surface area is 82.5 Å². The third kappa shape index (κ3) is 1.53. The van der Waals surface area contributed by atoms with Gasteiger partial charge in [-0.15, -0.1) is 0 Å². The second-order valence-corrected chi connectivity index (χ2v) is 3.55. The smallest absolute Gasteiger partial charge is 0.164 e. The summed E-state index contributed by atoms with van der Waals surface area (Å²) in [7, 11) is 5.20. The van der Waals surface area contributed by atoms with Crippen molar-refractivity contribution in [3.8, 4) is 0 Å². The minimum absolute atomic E-state index is 0.0346. The Morgan fingerprint density at radius 2 is 1.50 bits per heavy atom. The van der Waals surface area contributed by atoms with Gasteiger partial charge >= 0.3 is 0 Å². The van der Waals surface area contributed by atoms with Gasteiger partial charge in [0.05, 0.1) is 0 Å². The van der Waals surface area contributed by atoms with Gasteiger partial charge in [-0.1, -0.05) is 19.3 Å². The van der Waals surface area contributed by atoms with Gasteiger partial charge in [-0.3, -0.25) is 0 Å². The summed E-state index contributed by atoms with van der Waals surface area (Å²) in [5.74, 6) is -3.51. The Balaban J connectivity index is 3.60. The van der Waals surface area contributed by atoms with Crippen molar-refractivity contribution in [2.24, 2.45) is 0 Å². The highest BCUT2D eigenvalue weighted by molar-refractivity contribution is 6.33. The number of rotatable bonds is 1. The second kappa shape index (κ2) is 3.68. The summed E-state index contributed by atoms with van der Waals surface area (Å²) in [6, 6.07) is 0. The lowest BCUT2D eigenvalue weighted by molar-refractivity contribution is 0.474. The molecule has 0 saturated heterocycles. The monoisotopic (exact) mass is 198 g/mol. The van der Waals surface area contributed by atoms with Crippen LogP contribution in [0.15, 0.2) is 0 Å². The van der Waals surface area contributed by atoms with Crippen LogP contribution in [-0.4, -0.2) is 7.85 Å². The van der Waals surface area contributed by atoms with Gasteiger partial charge in [0.2, 0.25) is 0 Å². The molecular weight excluding hydrogens is 188 g/mol. The molecule has 0 aliphatic carbocycles. The van der Waals surface area contributed by atoms with Gasteiger partial charge in [0, 0.05) is 5.56 Å². The first kappa shape index (κ1) is 11.2. The highest BCUT2D eigenvalue weighted by Gasteiger charge is 2.21. The normalized spacial score (nSPS) is 11.1. The van der Waals surface area contributed by atoms with Crippen LogP contribution >= 0.6 is 0 Å². The van der Waals surface area contributed by atoms with Crippen molar-refractivity contribution in [1.29, 1.82) is 0 Å². The van der Waals surface area contributed by atoms with Crippen LogP contribution in [0.25, 0.3) is 0 Å². The molecule has 0 nitrogen and oxygen atoms in total. The first-order valence-electron chi connectivity index (χ1n) is 4.30. The number of benzene rings is 1. The molecule has 74 valence electrons. The van der Waals surface area contributed by atoms with Crippen LogP contribution in [0.5, 0.6) is 0 Å². The molecule has 1 aromatic rings. The highest BCUT2D eigenvalue weighted by Crippen LogP contribution is 2.24. The average molecular weight is 198 g/mol. The number of hydrogen-bond acceptors (Lipinski definition) is 0. The Kier molecular flexibility index (Phi) is 2.93. The van der Waals surface area contributed by atoms with E-state index in [1.165, 1.54) is 6.92 Å². The van der Waals surface area contributed by atoms with Crippen molar-refractivity contribution >= 4 is 13.3 Å². The lowest BCUT2D eigenvalue weighted by Crippen LogP contribution is -2.20. The molecular formula is C10H10BF3. The summed E-state index contributed by atoms with van der Waals surface area (Å²) in [6.07, 6.45) is 0. The van der Waals surface area contributed by atoms with Gasteiger partial charge in [0.1, 0.15) is 13.7 Å². The predicted octanol–water partition coefficient (Wildman–Crippen LogP) is 2.33.